The second-order valence-corrected chi connectivity index (χ2v) is 5.68. The normalized spacial score (nSPS) is 12.7. The van der Waals surface area contributed by atoms with Crippen molar-refractivity contribution in [3.05, 3.63) is 58.3 Å². The number of hydrogen-bond acceptors (Lipinski definition) is 6. The number of carbonyl (C=O) groups is 3. The van der Waals surface area contributed by atoms with Crippen LogP contribution in [-0.4, -0.2) is 36.9 Å². The molecule has 26 heavy (non-hydrogen) atoms. The van der Waals surface area contributed by atoms with Crippen molar-refractivity contribution in [2.45, 2.75) is 0 Å². The highest BCUT2D eigenvalue weighted by molar-refractivity contribution is 6.32. The smallest absolute Gasteiger partial charge is 0.339 e. The summed E-state index contributed by atoms with van der Waals surface area (Å²) in [5.74, 6) is -2.12. The van der Waals surface area contributed by atoms with E-state index in [4.69, 9.17) is 13.9 Å². The van der Waals surface area contributed by atoms with Crippen LogP contribution >= 0.6 is 0 Å². The Labute approximate surface area is 146 Å². The van der Waals surface area contributed by atoms with Crippen molar-refractivity contribution in [3.63, 3.8) is 0 Å². The van der Waals surface area contributed by atoms with E-state index in [9.17, 15) is 19.5 Å². The van der Waals surface area contributed by atoms with Gasteiger partial charge >= 0.3 is 5.97 Å². The highest BCUT2D eigenvalue weighted by Crippen LogP contribution is 2.47. The van der Waals surface area contributed by atoms with Crippen LogP contribution in [0.15, 0.2) is 34.9 Å². The number of hydrogen-bond donors (Lipinski definition) is 1. The lowest BCUT2D eigenvalue weighted by Gasteiger charge is -2.22. The maximum atomic E-state index is 13.1. The zero-order chi connectivity index (χ0) is 18.6. The van der Waals surface area contributed by atoms with Gasteiger partial charge in [0.1, 0.15) is 17.6 Å². The fraction of sp³-hybridized carbons (Fsp3) is 0.105. The van der Waals surface area contributed by atoms with Gasteiger partial charge < -0.3 is 19.0 Å². The quantitative estimate of drug-likeness (QED) is 0.604. The molecule has 7 nitrogen and oxygen atoms in total. The van der Waals surface area contributed by atoms with Crippen LogP contribution in [0.4, 0.5) is 0 Å². The van der Waals surface area contributed by atoms with Crippen molar-refractivity contribution in [2.75, 3.05) is 14.2 Å². The molecule has 2 aromatic carbocycles. The first-order valence-corrected chi connectivity index (χ1v) is 7.62. The number of fused-ring (bicyclic) bond motifs is 3. The molecule has 1 heterocycles. The zero-order valence-electron chi connectivity index (χ0n) is 13.8. The number of ether oxygens (including phenoxy) is 2. The first kappa shape index (κ1) is 15.9. The Morgan fingerprint density at radius 2 is 1.50 bits per heavy atom. The topological polar surface area (TPSA) is 103 Å². The third-order valence-corrected chi connectivity index (χ3v) is 4.44. The number of aromatic carboxylic acids is 1. The molecule has 1 aromatic heterocycles. The predicted molar refractivity (Wildman–Crippen MR) is 89.6 cm³/mol. The molecule has 1 aliphatic rings. The molecule has 0 bridgehead atoms. The summed E-state index contributed by atoms with van der Waals surface area (Å²) < 4.78 is 16.1. The number of furan rings is 1. The fourth-order valence-electron chi connectivity index (χ4n) is 3.35. The van der Waals surface area contributed by atoms with Gasteiger partial charge in [0.15, 0.2) is 22.9 Å². The molecule has 0 radical (unpaired) electrons. The monoisotopic (exact) mass is 352 g/mol. The average Bonchev–Trinajstić information content (AvgIpc) is 3.09. The van der Waals surface area contributed by atoms with E-state index in [2.05, 4.69) is 0 Å². The Kier molecular flexibility index (Phi) is 3.33. The number of ketones is 2. The van der Waals surface area contributed by atoms with E-state index in [-0.39, 0.29) is 50.3 Å². The Morgan fingerprint density at radius 1 is 0.962 bits per heavy atom. The molecule has 0 atom stereocenters. The SMILES string of the molecule is COc1c2c(c(OC)c3c(C(=O)O)coc13)C(=O)c1ccccc1C2=O. The highest BCUT2D eigenvalue weighted by Gasteiger charge is 2.39. The number of carboxylic acids is 1. The second kappa shape index (κ2) is 5.45. The van der Waals surface area contributed by atoms with E-state index < -0.39 is 17.5 Å². The molecule has 0 aliphatic heterocycles. The van der Waals surface area contributed by atoms with Crippen LogP contribution in [0.2, 0.25) is 0 Å². The molecule has 3 aromatic rings. The summed E-state index contributed by atoms with van der Waals surface area (Å²) in [7, 11) is 2.63. The van der Waals surface area contributed by atoms with Gasteiger partial charge in [-0.3, -0.25) is 9.59 Å². The lowest BCUT2D eigenvalue weighted by atomic mass is 9.82. The van der Waals surface area contributed by atoms with Gasteiger partial charge in [-0.1, -0.05) is 24.3 Å². The van der Waals surface area contributed by atoms with E-state index in [0.717, 1.165) is 6.26 Å². The van der Waals surface area contributed by atoms with E-state index >= 15 is 0 Å². The van der Waals surface area contributed by atoms with Crippen LogP contribution in [0.5, 0.6) is 11.5 Å². The summed E-state index contributed by atoms with van der Waals surface area (Å²) in [6, 6.07) is 6.41. The molecule has 0 saturated heterocycles. The first-order chi connectivity index (χ1) is 12.5. The molecule has 0 amide bonds. The summed E-state index contributed by atoms with van der Waals surface area (Å²) in [4.78, 5) is 37.7. The summed E-state index contributed by atoms with van der Waals surface area (Å²) >= 11 is 0. The number of rotatable bonds is 3. The van der Waals surface area contributed by atoms with Crippen LogP contribution in [0.25, 0.3) is 11.0 Å². The third kappa shape index (κ3) is 1.85. The van der Waals surface area contributed by atoms with Crippen LogP contribution < -0.4 is 9.47 Å². The number of carboxylic acid groups (broad SMARTS) is 1. The molecule has 0 saturated carbocycles. The number of benzene rings is 2. The highest BCUT2D eigenvalue weighted by atomic mass is 16.5. The van der Waals surface area contributed by atoms with Crippen molar-refractivity contribution in [2.24, 2.45) is 0 Å². The Bertz CT molecular complexity index is 1120. The predicted octanol–water partition coefficient (Wildman–Crippen LogP) is 2.92. The van der Waals surface area contributed by atoms with Gasteiger partial charge in [0, 0.05) is 11.1 Å². The molecule has 0 unspecified atom stereocenters. The van der Waals surface area contributed by atoms with E-state index in [1.165, 1.54) is 14.2 Å². The molecule has 1 N–H and O–H groups in total. The van der Waals surface area contributed by atoms with Gasteiger partial charge in [-0.05, 0) is 0 Å². The van der Waals surface area contributed by atoms with E-state index in [1.54, 1.807) is 24.3 Å². The summed E-state index contributed by atoms with van der Waals surface area (Å²) in [6.45, 7) is 0. The zero-order valence-corrected chi connectivity index (χ0v) is 13.8. The van der Waals surface area contributed by atoms with E-state index in [1.807, 2.05) is 0 Å². The number of carbonyl (C=O) groups excluding carboxylic acids is 2. The molecule has 1 aliphatic carbocycles. The lowest BCUT2D eigenvalue weighted by Crippen LogP contribution is -2.23. The van der Waals surface area contributed by atoms with Crippen LogP contribution in [0, 0.1) is 0 Å². The van der Waals surface area contributed by atoms with Crippen molar-refractivity contribution < 1.29 is 33.4 Å². The standard InChI is InChI=1S/C19H12O7/c1-24-16-11-10(19(22)23)7-26-18(11)17(25-2)13-12(16)14(20)8-5-3-4-6-9(8)15(13)21/h3-7H,1-2H3,(H,22,23). The number of methoxy groups -OCH3 is 2. The third-order valence-electron chi connectivity index (χ3n) is 4.44. The van der Waals surface area contributed by atoms with Crippen molar-refractivity contribution >= 4 is 28.5 Å². The van der Waals surface area contributed by atoms with Crippen molar-refractivity contribution in [3.8, 4) is 11.5 Å². The second-order valence-electron chi connectivity index (χ2n) is 5.68. The lowest BCUT2D eigenvalue weighted by molar-refractivity contribution is 0.0697. The molecule has 0 spiro atoms. The largest absolute Gasteiger partial charge is 0.495 e. The molecule has 7 heteroatoms. The maximum absolute atomic E-state index is 13.1. The Morgan fingerprint density at radius 3 is 2.00 bits per heavy atom. The van der Waals surface area contributed by atoms with Crippen molar-refractivity contribution in [1.29, 1.82) is 0 Å². The van der Waals surface area contributed by atoms with Gasteiger partial charge in [-0.15, -0.1) is 0 Å². The molecule has 0 fully saturated rings. The van der Waals surface area contributed by atoms with Gasteiger partial charge in [0.05, 0.1) is 30.7 Å². The van der Waals surface area contributed by atoms with E-state index in [0.29, 0.717) is 0 Å². The Balaban J connectivity index is 2.22. The van der Waals surface area contributed by atoms with Gasteiger partial charge in [0.2, 0.25) is 0 Å². The molecular weight excluding hydrogens is 340 g/mol. The Hall–Kier alpha value is -3.61. The van der Waals surface area contributed by atoms with Crippen LogP contribution in [0.1, 0.15) is 42.2 Å². The minimum Gasteiger partial charge on any atom is -0.495 e. The average molecular weight is 352 g/mol. The van der Waals surface area contributed by atoms with Crippen LogP contribution in [0.3, 0.4) is 0 Å². The summed E-state index contributed by atoms with van der Waals surface area (Å²) in [6.07, 6.45) is 1.03. The molecule has 130 valence electrons. The summed E-state index contributed by atoms with van der Waals surface area (Å²) in [5.41, 5.74) is 0.314. The van der Waals surface area contributed by atoms with Crippen LogP contribution in [-0.2, 0) is 0 Å². The fourth-order valence-corrected chi connectivity index (χ4v) is 3.35. The van der Waals surface area contributed by atoms with Gasteiger partial charge in [0.25, 0.3) is 0 Å². The maximum Gasteiger partial charge on any atom is 0.339 e. The molecule has 4 rings (SSSR count). The minimum absolute atomic E-state index is 0.00633. The first-order valence-electron chi connectivity index (χ1n) is 7.62. The minimum atomic E-state index is -1.25. The summed E-state index contributed by atoms with van der Waals surface area (Å²) in [5, 5.41) is 9.51. The van der Waals surface area contributed by atoms with Gasteiger partial charge in [-0.2, -0.15) is 0 Å². The van der Waals surface area contributed by atoms with Crippen molar-refractivity contribution in [1.82, 2.24) is 0 Å². The van der Waals surface area contributed by atoms with Gasteiger partial charge in [-0.25, -0.2) is 4.79 Å². The molecular formula is C19H12O7.